The van der Waals surface area contributed by atoms with Crippen LogP contribution in [0.5, 0.6) is 17.2 Å². The summed E-state index contributed by atoms with van der Waals surface area (Å²) in [6.07, 6.45) is 3.26. The minimum absolute atomic E-state index is 0.0972. The van der Waals surface area contributed by atoms with Gasteiger partial charge in [-0.25, -0.2) is 0 Å². The van der Waals surface area contributed by atoms with Crippen molar-refractivity contribution < 1.29 is 23.8 Å². The third-order valence-corrected chi connectivity index (χ3v) is 6.11. The number of hydrogen-bond donors (Lipinski definition) is 1. The number of hydrogen-bond acceptors (Lipinski definition) is 6. The molecular weight excluding hydrogens is 416 g/mol. The molecule has 1 fully saturated rings. The number of methoxy groups -OCH3 is 2. The third kappa shape index (κ3) is 5.91. The molecule has 8 heteroatoms. The third-order valence-electron chi connectivity index (χ3n) is 5.38. The van der Waals surface area contributed by atoms with Gasteiger partial charge in [-0.1, -0.05) is 0 Å². The molecule has 1 aliphatic rings. The molecule has 168 valence electrons. The Morgan fingerprint density at radius 1 is 1.19 bits per heavy atom. The first-order valence-electron chi connectivity index (χ1n) is 10.5. The summed E-state index contributed by atoms with van der Waals surface area (Å²) < 4.78 is 17.1. The predicted molar refractivity (Wildman–Crippen MR) is 120 cm³/mol. The van der Waals surface area contributed by atoms with E-state index in [1.807, 2.05) is 17.5 Å². The summed E-state index contributed by atoms with van der Waals surface area (Å²) >= 11 is 1.66. The molecule has 3 rings (SSSR count). The number of rotatable bonds is 9. The van der Waals surface area contributed by atoms with E-state index >= 15 is 0 Å². The Kier molecular flexibility index (Phi) is 8.17. The number of nitrogens with zero attached hydrogens (tertiary/aromatic N) is 1. The highest BCUT2D eigenvalue weighted by Gasteiger charge is 2.29. The number of amides is 2. The number of nitrogens with one attached hydrogen (secondary N) is 1. The van der Waals surface area contributed by atoms with Gasteiger partial charge in [0, 0.05) is 26.4 Å². The second-order valence-electron chi connectivity index (χ2n) is 7.51. The molecule has 0 radical (unpaired) electrons. The van der Waals surface area contributed by atoms with Gasteiger partial charge in [-0.15, -0.1) is 0 Å². The normalized spacial score (nSPS) is 16.2. The van der Waals surface area contributed by atoms with Crippen molar-refractivity contribution in [1.82, 2.24) is 10.2 Å². The van der Waals surface area contributed by atoms with Crippen molar-refractivity contribution in [2.75, 3.05) is 27.4 Å². The van der Waals surface area contributed by atoms with E-state index in [-0.39, 0.29) is 18.4 Å². The van der Waals surface area contributed by atoms with Crippen LogP contribution in [0, 0.1) is 0 Å². The molecule has 2 heterocycles. The molecule has 1 aliphatic heterocycles. The molecule has 2 amide bonds. The minimum Gasteiger partial charge on any atom is -0.493 e. The monoisotopic (exact) mass is 446 g/mol. The van der Waals surface area contributed by atoms with E-state index in [1.54, 1.807) is 30.5 Å². The van der Waals surface area contributed by atoms with Crippen molar-refractivity contribution in [3.63, 3.8) is 0 Å². The fraction of sp³-hybridized carbons (Fsp3) is 0.478. The topological polar surface area (TPSA) is 77.1 Å². The fourth-order valence-electron chi connectivity index (χ4n) is 3.73. The van der Waals surface area contributed by atoms with E-state index in [9.17, 15) is 9.59 Å². The van der Waals surface area contributed by atoms with Crippen LogP contribution in [0.25, 0.3) is 0 Å². The molecule has 1 atom stereocenters. The number of ether oxygens (including phenoxy) is 3. The Labute approximate surface area is 187 Å². The molecule has 1 saturated heterocycles. The summed E-state index contributed by atoms with van der Waals surface area (Å²) in [6, 6.07) is 5.28. The van der Waals surface area contributed by atoms with Gasteiger partial charge in [-0.2, -0.15) is 11.3 Å². The second-order valence-corrected chi connectivity index (χ2v) is 8.29. The van der Waals surface area contributed by atoms with Gasteiger partial charge in [0.1, 0.15) is 6.04 Å². The highest BCUT2D eigenvalue weighted by atomic mass is 32.1. The molecule has 1 aromatic heterocycles. The maximum Gasteiger partial charge on any atom is 0.242 e. The van der Waals surface area contributed by atoms with E-state index in [1.165, 1.54) is 12.5 Å². The predicted octanol–water partition coefficient (Wildman–Crippen LogP) is 3.40. The lowest BCUT2D eigenvalue weighted by Crippen LogP contribution is -2.47. The van der Waals surface area contributed by atoms with Crippen molar-refractivity contribution >= 4 is 23.2 Å². The van der Waals surface area contributed by atoms with E-state index in [4.69, 9.17) is 14.2 Å². The molecule has 1 aromatic carbocycles. The van der Waals surface area contributed by atoms with Crippen LogP contribution >= 0.6 is 11.3 Å². The van der Waals surface area contributed by atoms with Gasteiger partial charge in [0.15, 0.2) is 11.5 Å². The standard InChI is InChI=1S/C23H30N2O5S/c1-16(26)25(19-6-4-5-9-24-23(19)27)14-18-12-20(28-2)22(21(13-18)29-3)30-10-7-17-8-11-31-15-17/h8,11-13,15,19H,4-7,9-10,14H2,1-3H3,(H,24,27)/t19-/m0/s1. The van der Waals surface area contributed by atoms with Crippen molar-refractivity contribution in [2.24, 2.45) is 0 Å². The van der Waals surface area contributed by atoms with Crippen molar-refractivity contribution in [3.05, 3.63) is 40.1 Å². The summed E-state index contributed by atoms with van der Waals surface area (Å²) in [7, 11) is 3.15. The summed E-state index contributed by atoms with van der Waals surface area (Å²) in [5.74, 6) is 1.36. The zero-order chi connectivity index (χ0) is 22.2. The maximum absolute atomic E-state index is 12.5. The first kappa shape index (κ1) is 22.9. The van der Waals surface area contributed by atoms with E-state index in [0.717, 1.165) is 24.8 Å². The van der Waals surface area contributed by atoms with Crippen LogP contribution in [-0.4, -0.2) is 50.1 Å². The Bertz CT molecular complexity index is 859. The Morgan fingerprint density at radius 2 is 1.94 bits per heavy atom. The summed E-state index contributed by atoms with van der Waals surface area (Å²) in [6.45, 7) is 2.93. The lowest BCUT2D eigenvalue weighted by atomic mass is 10.1. The summed E-state index contributed by atoms with van der Waals surface area (Å²) in [5.41, 5.74) is 2.03. The number of benzene rings is 1. The SMILES string of the molecule is COc1cc(CN(C(C)=O)[C@H]2CCCCNC2=O)cc(OC)c1OCCc1ccsc1. The summed E-state index contributed by atoms with van der Waals surface area (Å²) in [5, 5.41) is 7.04. The summed E-state index contributed by atoms with van der Waals surface area (Å²) in [4.78, 5) is 26.5. The highest BCUT2D eigenvalue weighted by Crippen LogP contribution is 2.39. The first-order valence-corrected chi connectivity index (χ1v) is 11.4. The van der Waals surface area contributed by atoms with Crippen molar-refractivity contribution in [1.29, 1.82) is 0 Å². The van der Waals surface area contributed by atoms with Crippen LogP contribution in [0.4, 0.5) is 0 Å². The van der Waals surface area contributed by atoms with Gasteiger partial charge in [0.05, 0.1) is 20.8 Å². The molecule has 0 aliphatic carbocycles. The lowest BCUT2D eigenvalue weighted by molar-refractivity contribution is -0.139. The molecule has 0 spiro atoms. The van der Waals surface area contributed by atoms with Gasteiger partial charge in [0.25, 0.3) is 0 Å². The molecule has 2 aromatic rings. The Hall–Kier alpha value is -2.74. The molecule has 0 unspecified atom stereocenters. The van der Waals surface area contributed by atoms with Crippen LogP contribution in [0.2, 0.25) is 0 Å². The van der Waals surface area contributed by atoms with E-state index in [0.29, 0.717) is 36.8 Å². The van der Waals surface area contributed by atoms with Crippen LogP contribution < -0.4 is 19.5 Å². The van der Waals surface area contributed by atoms with Gasteiger partial charge >= 0.3 is 0 Å². The average Bonchev–Trinajstić information content (AvgIpc) is 3.19. The van der Waals surface area contributed by atoms with Crippen LogP contribution in [0.3, 0.4) is 0 Å². The maximum atomic E-state index is 12.5. The number of carbonyl (C=O) groups excluding carboxylic acids is 2. The zero-order valence-electron chi connectivity index (χ0n) is 18.3. The number of thiophene rings is 1. The van der Waals surface area contributed by atoms with Gasteiger partial charge in [0.2, 0.25) is 17.6 Å². The minimum atomic E-state index is -0.474. The highest BCUT2D eigenvalue weighted by molar-refractivity contribution is 7.07. The Balaban J connectivity index is 1.79. The van der Waals surface area contributed by atoms with Crippen LogP contribution in [0.15, 0.2) is 29.0 Å². The van der Waals surface area contributed by atoms with Crippen LogP contribution in [0.1, 0.15) is 37.3 Å². The molecule has 7 nitrogen and oxygen atoms in total. The van der Waals surface area contributed by atoms with Crippen LogP contribution in [-0.2, 0) is 22.6 Å². The fourth-order valence-corrected chi connectivity index (χ4v) is 4.43. The average molecular weight is 447 g/mol. The lowest BCUT2D eigenvalue weighted by Gasteiger charge is -2.29. The largest absolute Gasteiger partial charge is 0.493 e. The molecular formula is C23H30N2O5S. The quantitative estimate of drug-likeness (QED) is 0.639. The van der Waals surface area contributed by atoms with Gasteiger partial charge in [-0.05, 0) is 59.3 Å². The van der Waals surface area contributed by atoms with Gasteiger partial charge in [-0.3, -0.25) is 9.59 Å². The smallest absolute Gasteiger partial charge is 0.242 e. The second kappa shape index (κ2) is 11.0. The van der Waals surface area contributed by atoms with E-state index in [2.05, 4.69) is 16.8 Å². The molecule has 0 bridgehead atoms. The number of carbonyl (C=O) groups is 2. The van der Waals surface area contributed by atoms with Crippen molar-refractivity contribution in [2.45, 2.75) is 45.2 Å². The first-order chi connectivity index (χ1) is 15.0. The Morgan fingerprint density at radius 3 is 2.55 bits per heavy atom. The molecule has 0 saturated carbocycles. The molecule has 31 heavy (non-hydrogen) atoms. The van der Waals surface area contributed by atoms with E-state index < -0.39 is 6.04 Å². The van der Waals surface area contributed by atoms with Crippen molar-refractivity contribution in [3.8, 4) is 17.2 Å². The van der Waals surface area contributed by atoms with Gasteiger partial charge < -0.3 is 24.4 Å². The zero-order valence-corrected chi connectivity index (χ0v) is 19.1. The molecule has 1 N–H and O–H groups in total.